The molecule has 120 valence electrons. The van der Waals surface area contributed by atoms with E-state index in [0.717, 1.165) is 18.7 Å². The summed E-state index contributed by atoms with van der Waals surface area (Å²) in [6.07, 6.45) is 9.65. The molecule has 1 aromatic rings. The molecule has 2 aliphatic rings. The van der Waals surface area contributed by atoms with Crippen molar-refractivity contribution in [1.82, 2.24) is 19.7 Å². The van der Waals surface area contributed by atoms with E-state index in [1.807, 2.05) is 0 Å². The molecule has 0 spiro atoms. The molecule has 0 fully saturated rings. The monoisotopic (exact) mass is 304 g/mol. The molecular weight excluding hydrogens is 280 g/mol. The first kappa shape index (κ1) is 15.1. The van der Waals surface area contributed by atoms with E-state index in [1.54, 1.807) is 11.6 Å². The second-order valence-corrected chi connectivity index (χ2v) is 6.32. The molecule has 0 saturated heterocycles. The lowest BCUT2D eigenvalue weighted by molar-refractivity contribution is -0.125. The van der Waals surface area contributed by atoms with Gasteiger partial charge in [-0.3, -0.25) is 9.36 Å². The number of carbonyl (C=O) groups is 1. The Morgan fingerprint density at radius 3 is 3.05 bits per heavy atom. The number of hydrogen-bond acceptors (Lipinski definition) is 3. The summed E-state index contributed by atoms with van der Waals surface area (Å²) in [5.74, 6) is 0.747. The number of nitrogens with zero attached hydrogens (tertiary/aromatic N) is 3. The van der Waals surface area contributed by atoms with Crippen molar-refractivity contribution in [3.05, 3.63) is 28.0 Å². The van der Waals surface area contributed by atoms with E-state index >= 15 is 0 Å². The number of aryl methyl sites for hydroxylation is 2. The Hall–Kier alpha value is -1.85. The largest absolute Gasteiger partial charge is 0.355 e. The van der Waals surface area contributed by atoms with Crippen LogP contribution in [0.2, 0.25) is 0 Å². The lowest BCUT2D eigenvalue weighted by Crippen LogP contribution is -2.39. The first-order valence-electron chi connectivity index (χ1n) is 8.23. The van der Waals surface area contributed by atoms with Gasteiger partial charge in [0.25, 0.3) is 0 Å². The van der Waals surface area contributed by atoms with Gasteiger partial charge in [0.05, 0.1) is 5.92 Å². The lowest BCUT2D eigenvalue weighted by atomic mass is 9.96. The first-order chi connectivity index (χ1) is 10.6. The van der Waals surface area contributed by atoms with Crippen LogP contribution in [0.15, 0.2) is 16.4 Å². The van der Waals surface area contributed by atoms with E-state index in [4.69, 9.17) is 0 Å². The molecule has 1 N–H and O–H groups in total. The fourth-order valence-corrected chi connectivity index (χ4v) is 3.37. The molecule has 0 radical (unpaired) electrons. The first-order valence-corrected chi connectivity index (χ1v) is 8.23. The van der Waals surface area contributed by atoms with Crippen molar-refractivity contribution in [2.45, 2.75) is 51.5 Å². The van der Waals surface area contributed by atoms with Gasteiger partial charge in [0.15, 0.2) is 0 Å². The number of carbonyl (C=O) groups excluding carboxylic acids is 1. The van der Waals surface area contributed by atoms with Crippen molar-refractivity contribution in [3.8, 4) is 0 Å². The predicted molar refractivity (Wildman–Crippen MR) is 83.5 cm³/mol. The van der Waals surface area contributed by atoms with Crippen LogP contribution in [0.5, 0.6) is 0 Å². The third-order valence-corrected chi connectivity index (χ3v) is 4.71. The summed E-state index contributed by atoms with van der Waals surface area (Å²) in [6.45, 7) is 1.16. The predicted octanol–water partition coefficient (Wildman–Crippen LogP) is 1.15. The molecule has 1 aromatic heterocycles. The highest BCUT2D eigenvalue weighted by molar-refractivity contribution is 5.78. The second kappa shape index (κ2) is 6.50. The summed E-state index contributed by atoms with van der Waals surface area (Å²) in [5, 5.41) is 7.23. The minimum absolute atomic E-state index is 0.0674. The van der Waals surface area contributed by atoms with Crippen molar-refractivity contribution in [3.63, 3.8) is 0 Å². The van der Waals surface area contributed by atoms with Crippen LogP contribution < -0.4 is 11.0 Å². The van der Waals surface area contributed by atoms with Gasteiger partial charge in [-0.2, -0.15) is 5.10 Å². The molecule has 1 aliphatic carbocycles. The Bertz CT molecular complexity index is 641. The van der Waals surface area contributed by atoms with Crippen LogP contribution in [0, 0.1) is 5.92 Å². The van der Waals surface area contributed by atoms with Crippen molar-refractivity contribution in [2.75, 3.05) is 6.54 Å². The molecule has 0 unspecified atom stereocenters. The fraction of sp³-hybridized carbons (Fsp3) is 0.688. The zero-order valence-electron chi connectivity index (χ0n) is 13.2. The van der Waals surface area contributed by atoms with Crippen molar-refractivity contribution >= 4 is 5.91 Å². The van der Waals surface area contributed by atoms with Crippen LogP contribution in [-0.4, -0.2) is 26.8 Å². The number of nitrogens with one attached hydrogen (secondary N) is 1. The van der Waals surface area contributed by atoms with Gasteiger partial charge in [0.2, 0.25) is 5.91 Å². The number of allylic oxidation sites excluding steroid dienone is 1. The van der Waals surface area contributed by atoms with Gasteiger partial charge in [-0.25, -0.2) is 9.48 Å². The second-order valence-electron chi connectivity index (χ2n) is 6.32. The van der Waals surface area contributed by atoms with Crippen molar-refractivity contribution in [2.24, 2.45) is 13.0 Å². The zero-order valence-corrected chi connectivity index (χ0v) is 13.2. The van der Waals surface area contributed by atoms with Crippen LogP contribution in [-0.2, 0) is 24.8 Å². The maximum absolute atomic E-state index is 12.3. The molecule has 1 amide bonds. The summed E-state index contributed by atoms with van der Waals surface area (Å²) >= 11 is 0. The average Bonchev–Trinajstić information content (AvgIpc) is 2.83. The Morgan fingerprint density at radius 1 is 1.41 bits per heavy atom. The van der Waals surface area contributed by atoms with Crippen LogP contribution in [0.4, 0.5) is 0 Å². The Balaban J connectivity index is 1.52. The van der Waals surface area contributed by atoms with E-state index in [9.17, 15) is 9.59 Å². The molecule has 0 saturated carbocycles. The van der Waals surface area contributed by atoms with E-state index in [-0.39, 0.29) is 17.5 Å². The summed E-state index contributed by atoms with van der Waals surface area (Å²) in [7, 11) is 1.65. The van der Waals surface area contributed by atoms with Crippen LogP contribution in [0.25, 0.3) is 0 Å². The highest BCUT2D eigenvalue weighted by atomic mass is 16.2. The van der Waals surface area contributed by atoms with Crippen LogP contribution in [0.1, 0.15) is 44.3 Å². The smallest absolute Gasteiger partial charge is 0.345 e. The standard InChI is InChI=1S/C16H24N4O2/c1-19-16(22)20-11-13(7-8-14(20)18-19)15(21)17-10-9-12-5-3-2-4-6-12/h5,13H,2-4,6-11H2,1H3,(H,17,21)/t13-/m0/s1. The number of rotatable bonds is 4. The van der Waals surface area contributed by atoms with Gasteiger partial charge in [-0.15, -0.1) is 0 Å². The molecule has 6 nitrogen and oxygen atoms in total. The molecule has 2 heterocycles. The summed E-state index contributed by atoms with van der Waals surface area (Å²) < 4.78 is 2.99. The average molecular weight is 304 g/mol. The number of hydrogen-bond donors (Lipinski definition) is 1. The molecule has 0 bridgehead atoms. The molecule has 3 rings (SSSR count). The van der Waals surface area contributed by atoms with Crippen molar-refractivity contribution in [1.29, 1.82) is 0 Å². The van der Waals surface area contributed by atoms with Gasteiger partial charge in [0.1, 0.15) is 5.82 Å². The van der Waals surface area contributed by atoms with Gasteiger partial charge in [0, 0.05) is 26.6 Å². The van der Waals surface area contributed by atoms with Crippen LogP contribution in [0.3, 0.4) is 0 Å². The topological polar surface area (TPSA) is 68.9 Å². The summed E-state index contributed by atoms with van der Waals surface area (Å²) in [5.41, 5.74) is 1.35. The Morgan fingerprint density at radius 2 is 2.27 bits per heavy atom. The Labute approximate surface area is 130 Å². The van der Waals surface area contributed by atoms with Crippen LogP contribution >= 0.6 is 0 Å². The highest BCUT2D eigenvalue weighted by Gasteiger charge is 2.27. The zero-order chi connectivity index (χ0) is 15.5. The molecule has 1 atom stereocenters. The van der Waals surface area contributed by atoms with Gasteiger partial charge in [-0.05, 0) is 38.5 Å². The number of aromatic nitrogens is 3. The van der Waals surface area contributed by atoms with Gasteiger partial charge in [-0.1, -0.05) is 11.6 Å². The summed E-state index contributed by atoms with van der Waals surface area (Å²) in [4.78, 5) is 24.2. The molecule has 1 aliphatic heterocycles. The van der Waals surface area contributed by atoms with Gasteiger partial charge >= 0.3 is 5.69 Å². The normalized spacial score (nSPS) is 21.1. The highest BCUT2D eigenvalue weighted by Crippen LogP contribution is 2.20. The molecule has 0 aromatic carbocycles. The SMILES string of the molecule is Cn1nc2n(c1=O)C[C@@H](C(=O)NCCC1=CCCCC1)CC2. The van der Waals surface area contributed by atoms with E-state index in [0.29, 0.717) is 19.5 Å². The van der Waals surface area contributed by atoms with Gasteiger partial charge < -0.3 is 5.32 Å². The third-order valence-electron chi connectivity index (χ3n) is 4.71. The Kier molecular flexibility index (Phi) is 4.45. The number of fused-ring (bicyclic) bond motifs is 1. The maximum atomic E-state index is 12.3. The van der Waals surface area contributed by atoms with E-state index < -0.39 is 0 Å². The fourth-order valence-electron chi connectivity index (χ4n) is 3.37. The maximum Gasteiger partial charge on any atom is 0.345 e. The van der Waals surface area contributed by atoms with Crippen molar-refractivity contribution < 1.29 is 4.79 Å². The van der Waals surface area contributed by atoms with E-state index in [1.165, 1.54) is 35.9 Å². The minimum atomic E-state index is -0.125. The number of amides is 1. The molecular formula is C16H24N4O2. The minimum Gasteiger partial charge on any atom is -0.355 e. The quantitative estimate of drug-likeness (QED) is 0.849. The molecule has 22 heavy (non-hydrogen) atoms. The van der Waals surface area contributed by atoms with E-state index in [2.05, 4.69) is 16.5 Å². The lowest BCUT2D eigenvalue weighted by Gasteiger charge is -2.22. The summed E-state index contributed by atoms with van der Waals surface area (Å²) in [6, 6.07) is 0. The molecule has 6 heteroatoms. The third kappa shape index (κ3) is 3.15.